The van der Waals surface area contributed by atoms with Gasteiger partial charge in [-0.1, -0.05) is 5.16 Å². The van der Waals surface area contributed by atoms with Gasteiger partial charge in [-0.15, -0.1) is 0 Å². The zero-order valence-corrected chi connectivity index (χ0v) is 6.86. The number of nitrogens with one attached hydrogen (secondary N) is 1. The predicted octanol–water partition coefficient (Wildman–Crippen LogP) is -1.43. The largest absolute Gasteiger partial charge is 0.409 e. The van der Waals surface area contributed by atoms with Gasteiger partial charge < -0.3 is 15.7 Å². The van der Waals surface area contributed by atoms with E-state index in [1.165, 1.54) is 0 Å². The zero-order valence-electron chi connectivity index (χ0n) is 6.86. The third kappa shape index (κ3) is 3.04. The number of rotatable bonds is 3. The van der Waals surface area contributed by atoms with Crippen LogP contribution in [0.25, 0.3) is 0 Å². The molecule has 1 aliphatic rings. The van der Waals surface area contributed by atoms with Gasteiger partial charge in [0.15, 0.2) is 5.84 Å². The summed E-state index contributed by atoms with van der Waals surface area (Å²) in [5, 5.41) is 13.1. The van der Waals surface area contributed by atoms with E-state index in [9.17, 15) is 0 Å². The number of hydrogen-bond acceptors (Lipinski definition) is 5. The zero-order chi connectivity index (χ0) is 8.81. The first-order valence-corrected chi connectivity index (χ1v) is 3.85. The van der Waals surface area contributed by atoms with Crippen molar-refractivity contribution in [3.05, 3.63) is 0 Å². The number of oxime groups is 1. The second-order valence-corrected chi connectivity index (χ2v) is 2.53. The molecule has 1 saturated heterocycles. The summed E-state index contributed by atoms with van der Waals surface area (Å²) < 4.78 is 5.14. The van der Waals surface area contributed by atoms with Crippen LogP contribution in [-0.2, 0) is 4.74 Å². The molecule has 0 saturated carbocycles. The Morgan fingerprint density at radius 3 is 2.83 bits per heavy atom. The van der Waals surface area contributed by atoms with Crippen molar-refractivity contribution in [2.45, 2.75) is 0 Å². The third-order valence-electron chi connectivity index (χ3n) is 1.62. The molecule has 0 aliphatic carbocycles. The monoisotopic (exact) mass is 174 g/mol. The Balaban J connectivity index is 2.13. The molecule has 0 aromatic rings. The molecule has 1 aliphatic heterocycles. The Morgan fingerprint density at radius 2 is 2.25 bits per heavy atom. The molecule has 0 atom stereocenters. The first kappa shape index (κ1) is 9.24. The van der Waals surface area contributed by atoms with Gasteiger partial charge in [-0.2, -0.15) is 0 Å². The van der Waals surface area contributed by atoms with Crippen LogP contribution in [0.5, 0.6) is 0 Å². The van der Waals surface area contributed by atoms with Crippen molar-refractivity contribution in [3.63, 3.8) is 0 Å². The molecule has 1 rings (SSSR count). The van der Waals surface area contributed by atoms with Crippen molar-refractivity contribution in [1.82, 2.24) is 10.4 Å². The van der Waals surface area contributed by atoms with Crippen LogP contribution in [0.4, 0.5) is 0 Å². The van der Waals surface area contributed by atoms with Crippen LogP contribution < -0.4 is 11.2 Å². The van der Waals surface area contributed by atoms with E-state index in [4.69, 9.17) is 15.7 Å². The second kappa shape index (κ2) is 4.91. The van der Waals surface area contributed by atoms with E-state index in [0.717, 1.165) is 26.3 Å². The molecule has 70 valence electrons. The number of amidine groups is 1. The lowest BCUT2D eigenvalue weighted by Gasteiger charge is -2.26. The van der Waals surface area contributed by atoms with Gasteiger partial charge in [0.05, 0.1) is 19.8 Å². The summed E-state index contributed by atoms with van der Waals surface area (Å²) in [4.78, 5) is 0. The fraction of sp³-hybridized carbons (Fsp3) is 0.833. The summed E-state index contributed by atoms with van der Waals surface area (Å²) >= 11 is 0. The molecular formula is C6H14N4O2. The molecule has 0 aromatic carbocycles. The van der Waals surface area contributed by atoms with Crippen molar-refractivity contribution in [1.29, 1.82) is 0 Å². The lowest BCUT2D eigenvalue weighted by molar-refractivity contribution is 0.0149. The van der Waals surface area contributed by atoms with E-state index < -0.39 is 0 Å². The molecule has 0 bridgehead atoms. The van der Waals surface area contributed by atoms with E-state index in [2.05, 4.69) is 10.6 Å². The molecule has 6 heteroatoms. The van der Waals surface area contributed by atoms with E-state index in [0.29, 0.717) is 6.54 Å². The van der Waals surface area contributed by atoms with Crippen LogP contribution in [0.3, 0.4) is 0 Å². The summed E-state index contributed by atoms with van der Waals surface area (Å²) in [5.41, 5.74) is 8.28. The standard InChI is InChI=1S/C6H14N4O2/c7-6(9-11)5-8-10-1-3-12-4-2-10/h8,11H,1-5H2,(H2,7,9). The van der Waals surface area contributed by atoms with E-state index in [-0.39, 0.29) is 5.84 Å². The first-order chi connectivity index (χ1) is 5.83. The van der Waals surface area contributed by atoms with Gasteiger partial charge >= 0.3 is 0 Å². The van der Waals surface area contributed by atoms with Gasteiger partial charge in [-0.05, 0) is 0 Å². The van der Waals surface area contributed by atoms with Crippen LogP contribution in [0.2, 0.25) is 0 Å². The van der Waals surface area contributed by atoms with Crippen LogP contribution in [0.15, 0.2) is 5.16 Å². The SMILES string of the molecule is NC(CNN1CCOCC1)=NO. The van der Waals surface area contributed by atoms with Gasteiger partial charge in [0.1, 0.15) is 0 Å². The van der Waals surface area contributed by atoms with Crippen molar-refractivity contribution < 1.29 is 9.94 Å². The number of nitrogens with zero attached hydrogens (tertiary/aromatic N) is 2. The average molecular weight is 174 g/mol. The van der Waals surface area contributed by atoms with E-state index in [1.807, 2.05) is 5.01 Å². The Hall–Kier alpha value is -0.850. The first-order valence-electron chi connectivity index (χ1n) is 3.85. The van der Waals surface area contributed by atoms with Crippen molar-refractivity contribution >= 4 is 5.84 Å². The van der Waals surface area contributed by atoms with Crippen LogP contribution in [-0.4, -0.2) is 48.9 Å². The molecule has 4 N–H and O–H groups in total. The Morgan fingerprint density at radius 1 is 1.58 bits per heavy atom. The molecule has 6 nitrogen and oxygen atoms in total. The number of morpholine rings is 1. The molecule has 1 fully saturated rings. The predicted molar refractivity (Wildman–Crippen MR) is 43.8 cm³/mol. The maximum atomic E-state index is 8.24. The maximum Gasteiger partial charge on any atom is 0.154 e. The highest BCUT2D eigenvalue weighted by atomic mass is 16.5. The summed E-state index contributed by atoms with van der Waals surface area (Å²) in [6.45, 7) is 3.49. The Bertz CT molecular complexity index is 156. The van der Waals surface area contributed by atoms with E-state index >= 15 is 0 Å². The molecule has 0 spiro atoms. The summed E-state index contributed by atoms with van der Waals surface area (Å²) in [5.74, 6) is 0.182. The lowest BCUT2D eigenvalue weighted by atomic mass is 10.5. The maximum absolute atomic E-state index is 8.24. The van der Waals surface area contributed by atoms with Crippen LogP contribution in [0.1, 0.15) is 0 Å². The fourth-order valence-corrected chi connectivity index (χ4v) is 0.950. The van der Waals surface area contributed by atoms with Gasteiger partial charge in [0, 0.05) is 13.1 Å². The average Bonchev–Trinajstić information content (AvgIpc) is 2.16. The normalized spacial score (nSPS) is 21.2. The quantitative estimate of drug-likeness (QED) is 0.211. The highest BCUT2D eigenvalue weighted by Crippen LogP contribution is 1.91. The number of nitrogens with two attached hydrogens (primary N) is 1. The number of ether oxygens (including phenoxy) is 1. The highest BCUT2D eigenvalue weighted by Gasteiger charge is 2.09. The fourth-order valence-electron chi connectivity index (χ4n) is 0.950. The summed E-state index contributed by atoms with van der Waals surface area (Å²) in [6, 6.07) is 0. The minimum absolute atomic E-state index is 0.182. The van der Waals surface area contributed by atoms with Crippen molar-refractivity contribution in [2.24, 2.45) is 10.9 Å². The Kier molecular flexibility index (Phi) is 3.78. The lowest BCUT2D eigenvalue weighted by Crippen LogP contribution is -2.48. The second-order valence-electron chi connectivity index (χ2n) is 2.53. The van der Waals surface area contributed by atoms with Crippen molar-refractivity contribution in [2.75, 3.05) is 32.8 Å². The molecule has 0 aromatic heterocycles. The summed E-state index contributed by atoms with van der Waals surface area (Å²) in [6.07, 6.45) is 0. The minimum atomic E-state index is 0.182. The minimum Gasteiger partial charge on any atom is -0.409 e. The van der Waals surface area contributed by atoms with E-state index in [1.54, 1.807) is 0 Å². The molecule has 12 heavy (non-hydrogen) atoms. The Labute approximate surface area is 70.9 Å². The van der Waals surface area contributed by atoms with Gasteiger partial charge in [-0.25, -0.2) is 10.4 Å². The number of hydrazine groups is 1. The third-order valence-corrected chi connectivity index (χ3v) is 1.62. The van der Waals surface area contributed by atoms with Gasteiger partial charge in [-0.3, -0.25) is 0 Å². The van der Waals surface area contributed by atoms with Crippen LogP contribution in [0, 0.1) is 0 Å². The highest BCUT2D eigenvalue weighted by molar-refractivity contribution is 5.81. The molecule has 0 radical (unpaired) electrons. The molecule has 0 unspecified atom stereocenters. The number of hydrogen-bond donors (Lipinski definition) is 3. The summed E-state index contributed by atoms with van der Waals surface area (Å²) in [7, 11) is 0. The van der Waals surface area contributed by atoms with Gasteiger partial charge in [0.2, 0.25) is 0 Å². The van der Waals surface area contributed by atoms with Crippen molar-refractivity contribution in [3.8, 4) is 0 Å². The smallest absolute Gasteiger partial charge is 0.154 e. The van der Waals surface area contributed by atoms with Crippen LogP contribution >= 0.6 is 0 Å². The molecular weight excluding hydrogens is 160 g/mol. The van der Waals surface area contributed by atoms with Gasteiger partial charge in [0.25, 0.3) is 0 Å². The topological polar surface area (TPSA) is 83.1 Å². The molecule has 0 amide bonds. The molecule has 1 heterocycles.